The number of likely N-dealkylation sites (N-methyl/N-ethyl adjacent to an activating group) is 1. The Labute approximate surface area is 134 Å². The lowest BCUT2D eigenvalue weighted by Crippen LogP contribution is -2.50. The van der Waals surface area contributed by atoms with Gasteiger partial charge in [-0.2, -0.15) is 0 Å². The largest absolute Gasteiger partial charge is 0.480 e. The average molecular weight is 408 g/mol. The molecule has 110 valence electrons. The third kappa shape index (κ3) is 4.29. The quantitative estimate of drug-likeness (QED) is 0.787. The van der Waals surface area contributed by atoms with E-state index < -0.39 is 11.5 Å². The van der Waals surface area contributed by atoms with E-state index in [2.05, 4.69) is 37.2 Å². The zero-order valence-electron chi connectivity index (χ0n) is 11.4. The van der Waals surface area contributed by atoms with Crippen LogP contribution in [0.4, 0.5) is 5.69 Å². The number of carboxylic acid groups (broad SMARTS) is 1. The number of benzene rings is 1. The van der Waals surface area contributed by atoms with Crippen LogP contribution in [0.3, 0.4) is 0 Å². The average Bonchev–Trinajstić information content (AvgIpc) is 2.32. The Morgan fingerprint density at radius 1 is 1.35 bits per heavy atom. The van der Waals surface area contributed by atoms with Crippen LogP contribution in [-0.2, 0) is 9.59 Å². The molecule has 2 N–H and O–H groups in total. The van der Waals surface area contributed by atoms with E-state index in [4.69, 9.17) is 5.11 Å². The second kappa shape index (κ2) is 6.69. The molecule has 0 aliphatic rings. The molecule has 1 amide bonds. The number of halogens is 2. The third-order valence-corrected chi connectivity index (χ3v) is 4.21. The number of hydrogen-bond acceptors (Lipinski definition) is 3. The van der Waals surface area contributed by atoms with E-state index in [-0.39, 0.29) is 12.5 Å². The first kappa shape index (κ1) is 17.1. The normalized spacial score (nSPS) is 11.5. The highest BCUT2D eigenvalue weighted by Crippen LogP contribution is 2.26. The molecule has 0 aromatic heterocycles. The van der Waals surface area contributed by atoms with E-state index in [1.807, 2.05) is 12.1 Å². The minimum absolute atomic E-state index is 0.0121. The highest BCUT2D eigenvalue weighted by molar-refractivity contribution is 9.11. The fraction of sp³-hybridized carbons (Fsp3) is 0.385. The molecule has 1 aromatic rings. The van der Waals surface area contributed by atoms with Crippen molar-refractivity contribution in [1.82, 2.24) is 4.90 Å². The summed E-state index contributed by atoms with van der Waals surface area (Å²) in [6.45, 7) is 3.10. The van der Waals surface area contributed by atoms with Crippen molar-refractivity contribution in [3.05, 3.63) is 27.1 Å². The molecule has 0 bridgehead atoms. The van der Waals surface area contributed by atoms with Gasteiger partial charge in [0.25, 0.3) is 0 Å². The van der Waals surface area contributed by atoms with Crippen molar-refractivity contribution >= 4 is 49.4 Å². The van der Waals surface area contributed by atoms with Crippen molar-refractivity contribution in [2.75, 3.05) is 18.9 Å². The van der Waals surface area contributed by atoms with Crippen LogP contribution >= 0.6 is 31.9 Å². The summed E-state index contributed by atoms with van der Waals surface area (Å²) in [5, 5.41) is 11.8. The predicted octanol–water partition coefficient (Wildman–Crippen LogP) is 2.95. The second-order valence-corrected chi connectivity index (χ2v) is 6.66. The molecular weight excluding hydrogens is 392 g/mol. The Hall–Kier alpha value is -0.920. The lowest BCUT2D eigenvalue weighted by molar-refractivity contribution is -0.148. The fourth-order valence-corrected chi connectivity index (χ4v) is 2.50. The van der Waals surface area contributed by atoms with E-state index in [9.17, 15) is 9.59 Å². The van der Waals surface area contributed by atoms with Gasteiger partial charge in [-0.05, 0) is 55.0 Å². The summed E-state index contributed by atoms with van der Waals surface area (Å²) < 4.78 is 1.65. The van der Waals surface area contributed by atoms with Crippen molar-refractivity contribution in [2.45, 2.75) is 19.4 Å². The first-order chi connectivity index (χ1) is 9.14. The third-order valence-electron chi connectivity index (χ3n) is 3.06. The Morgan fingerprint density at radius 3 is 2.45 bits per heavy atom. The molecule has 0 heterocycles. The lowest BCUT2D eigenvalue weighted by Gasteiger charge is -2.30. The lowest BCUT2D eigenvalue weighted by atomic mass is 10.0. The summed E-state index contributed by atoms with van der Waals surface area (Å²) in [6.07, 6.45) is 0. The zero-order chi connectivity index (χ0) is 15.5. The molecule has 0 spiro atoms. The molecule has 0 saturated heterocycles. The SMILES string of the molecule is CN(CC(=O)Nc1ccc(Br)cc1Br)C(C)(C)C(=O)O. The summed E-state index contributed by atoms with van der Waals surface area (Å²) in [4.78, 5) is 24.5. The van der Waals surface area contributed by atoms with Crippen molar-refractivity contribution in [3.8, 4) is 0 Å². The van der Waals surface area contributed by atoms with E-state index in [0.717, 1.165) is 8.95 Å². The number of carboxylic acids is 1. The number of rotatable bonds is 5. The maximum Gasteiger partial charge on any atom is 0.323 e. The zero-order valence-corrected chi connectivity index (χ0v) is 14.6. The number of nitrogens with zero attached hydrogens (tertiary/aromatic N) is 1. The van der Waals surface area contributed by atoms with Gasteiger partial charge in [-0.25, -0.2) is 0 Å². The number of nitrogens with one attached hydrogen (secondary N) is 1. The van der Waals surface area contributed by atoms with Gasteiger partial charge in [0.1, 0.15) is 5.54 Å². The molecular formula is C13H16Br2N2O3. The number of aliphatic carboxylic acids is 1. The number of hydrogen-bond donors (Lipinski definition) is 2. The van der Waals surface area contributed by atoms with Crippen molar-refractivity contribution in [2.24, 2.45) is 0 Å². The summed E-state index contributed by atoms with van der Waals surface area (Å²) in [5.74, 6) is -1.25. The molecule has 0 aliphatic heterocycles. The van der Waals surface area contributed by atoms with Crippen molar-refractivity contribution in [1.29, 1.82) is 0 Å². The molecule has 20 heavy (non-hydrogen) atoms. The minimum atomic E-state index is -1.10. The Bertz CT molecular complexity index is 532. The number of anilines is 1. The monoisotopic (exact) mass is 406 g/mol. The van der Waals surface area contributed by atoms with Gasteiger partial charge < -0.3 is 10.4 Å². The van der Waals surface area contributed by atoms with Crippen LogP contribution in [0, 0.1) is 0 Å². The van der Waals surface area contributed by atoms with Crippen molar-refractivity contribution < 1.29 is 14.7 Å². The molecule has 1 aromatic carbocycles. The van der Waals surface area contributed by atoms with Gasteiger partial charge >= 0.3 is 5.97 Å². The molecule has 0 saturated carbocycles. The fourth-order valence-electron chi connectivity index (χ4n) is 1.36. The smallest absolute Gasteiger partial charge is 0.323 e. The minimum Gasteiger partial charge on any atom is -0.480 e. The predicted molar refractivity (Wildman–Crippen MR) is 84.8 cm³/mol. The highest BCUT2D eigenvalue weighted by atomic mass is 79.9. The van der Waals surface area contributed by atoms with Gasteiger partial charge in [0.05, 0.1) is 12.2 Å². The van der Waals surface area contributed by atoms with E-state index in [1.165, 1.54) is 4.90 Å². The van der Waals surface area contributed by atoms with Gasteiger partial charge in [-0.3, -0.25) is 14.5 Å². The molecule has 7 heteroatoms. The molecule has 1 rings (SSSR count). The van der Waals surface area contributed by atoms with Gasteiger partial charge in [0, 0.05) is 8.95 Å². The molecule has 5 nitrogen and oxygen atoms in total. The maximum absolute atomic E-state index is 12.0. The van der Waals surface area contributed by atoms with E-state index >= 15 is 0 Å². The van der Waals surface area contributed by atoms with Gasteiger partial charge in [0.15, 0.2) is 0 Å². The second-order valence-electron chi connectivity index (χ2n) is 4.89. The highest BCUT2D eigenvalue weighted by Gasteiger charge is 2.33. The number of carbonyl (C=O) groups excluding carboxylic acids is 1. The van der Waals surface area contributed by atoms with E-state index in [0.29, 0.717) is 5.69 Å². The molecule has 0 fully saturated rings. The Morgan fingerprint density at radius 2 is 1.95 bits per heavy atom. The van der Waals surface area contributed by atoms with Gasteiger partial charge in [-0.1, -0.05) is 15.9 Å². The van der Waals surface area contributed by atoms with Crippen LogP contribution in [0.15, 0.2) is 27.1 Å². The van der Waals surface area contributed by atoms with Crippen LogP contribution < -0.4 is 5.32 Å². The summed E-state index contributed by atoms with van der Waals surface area (Å²) in [6, 6.07) is 5.39. The first-order valence-corrected chi connectivity index (χ1v) is 7.42. The first-order valence-electron chi connectivity index (χ1n) is 5.84. The van der Waals surface area contributed by atoms with Gasteiger partial charge in [0.2, 0.25) is 5.91 Å². The molecule has 0 atom stereocenters. The summed E-state index contributed by atoms with van der Waals surface area (Å²) >= 11 is 6.68. The van der Waals surface area contributed by atoms with Crippen LogP contribution in [0.1, 0.15) is 13.8 Å². The Kier molecular flexibility index (Phi) is 5.73. The van der Waals surface area contributed by atoms with Crippen molar-refractivity contribution in [3.63, 3.8) is 0 Å². The molecule has 0 radical (unpaired) electrons. The number of carbonyl (C=O) groups is 2. The standard InChI is InChI=1S/C13H16Br2N2O3/c1-13(2,12(19)20)17(3)7-11(18)16-10-5-4-8(14)6-9(10)15/h4-6H,7H2,1-3H3,(H,16,18)(H,19,20). The molecule has 0 unspecified atom stereocenters. The summed E-state index contributed by atoms with van der Waals surface area (Å²) in [7, 11) is 1.60. The topological polar surface area (TPSA) is 69.6 Å². The molecule has 0 aliphatic carbocycles. The van der Waals surface area contributed by atoms with Gasteiger partial charge in [-0.15, -0.1) is 0 Å². The van der Waals surface area contributed by atoms with E-state index in [1.54, 1.807) is 27.0 Å². The number of amides is 1. The van der Waals surface area contributed by atoms with Crippen LogP contribution in [0.5, 0.6) is 0 Å². The van der Waals surface area contributed by atoms with Crippen LogP contribution in [0.25, 0.3) is 0 Å². The van der Waals surface area contributed by atoms with Crippen LogP contribution in [-0.4, -0.2) is 41.0 Å². The van der Waals surface area contributed by atoms with Crippen LogP contribution in [0.2, 0.25) is 0 Å². The maximum atomic E-state index is 12.0. The Balaban J connectivity index is 2.71. The summed E-state index contributed by atoms with van der Waals surface area (Å²) in [5.41, 5.74) is -0.464.